The Morgan fingerprint density at radius 2 is 1.11 bits per heavy atom. The monoisotopic (exact) mass is 1690 g/mol. The lowest BCUT2D eigenvalue weighted by Gasteiger charge is -2.34. The largest absolute Gasteiger partial charge is 0.480 e. The van der Waals surface area contributed by atoms with Gasteiger partial charge in [0.25, 0.3) is 0 Å². The first-order chi connectivity index (χ1) is 56.0. The second-order valence-corrected chi connectivity index (χ2v) is 30.8. The minimum absolute atomic E-state index is 0.103. The number of amides is 14. The van der Waals surface area contributed by atoms with E-state index in [-0.39, 0.29) is 36.4 Å². The lowest BCUT2D eigenvalue weighted by atomic mass is 9.99. The molecular weight excluding hydrogens is 1560 g/mol. The van der Waals surface area contributed by atoms with E-state index in [1.807, 2.05) is 0 Å². The third-order valence-electron chi connectivity index (χ3n) is 20.0. The van der Waals surface area contributed by atoms with Gasteiger partial charge in [-0.25, -0.2) is 4.79 Å². The zero-order valence-electron chi connectivity index (χ0n) is 69.3. The second kappa shape index (κ2) is 52.3. The predicted molar refractivity (Wildman–Crippen MR) is 426 cm³/mol. The number of carbonyl (C=O) groups excluding carboxylic acids is 15. The van der Waals surface area contributed by atoms with Gasteiger partial charge in [0.15, 0.2) is 6.61 Å². The third kappa shape index (κ3) is 35.2. The molecule has 2 aliphatic rings. The van der Waals surface area contributed by atoms with Crippen LogP contribution in [0.25, 0.3) is 0 Å². The molecular formula is C77H128N16O26. The average Bonchev–Trinajstić information content (AvgIpc) is 1.68. The van der Waals surface area contributed by atoms with Crippen LogP contribution >= 0.6 is 0 Å². The first-order valence-corrected chi connectivity index (χ1v) is 40.5. The van der Waals surface area contributed by atoms with Gasteiger partial charge in [0.05, 0.1) is 73.7 Å². The molecule has 0 spiro atoms. The van der Waals surface area contributed by atoms with Gasteiger partial charge in [-0.3, -0.25) is 71.9 Å². The van der Waals surface area contributed by atoms with Gasteiger partial charge in [0, 0.05) is 38.9 Å². The molecule has 0 unspecified atom stereocenters. The van der Waals surface area contributed by atoms with Gasteiger partial charge in [0.2, 0.25) is 82.7 Å². The Kier molecular flexibility index (Phi) is 45.4. The Morgan fingerprint density at radius 1 is 0.555 bits per heavy atom. The minimum Gasteiger partial charge on any atom is -0.480 e. The number of benzene rings is 1. The molecule has 2 heterocycles. The molecule has 0 saturated carbocycles. The van der Waals surface area contributed by atoms with E-state index in [1.54, 1.807) is 6.92 Å². The Labute approximate surface area is 691 Å². The fraction of sp³-hybridized carbons (Fsp3) is 0.714. The van der Waals surface area contributed by atoms with Crippen LogP contribution in [0.4, 0.5) is 5.69 Å². The van der Waals surface area contributed by atoms with Crippen LogP contribution in [0.3, 0.4) is 0 Å². The first kappa shape index (κ1) is 103. The SMILES string of the molecule is CCCCCCCCCCCCC[C@H](CC(=O)N[C@H](C(=O)N[C@@H](C)C(=O)N[C@@H](Cc1ccc(OCC(=O)O)c(NC(=O)CCN)c1)C(=O)N[C@H](C(=O)N1C[C@H](O)C[C@H]1C(=O)N[C@@H](C(=O)N[C@H](C(=O)N1CC[C@H](O)[C@H]1C(=O)N[C@H](C(=O)NCC(=O)N[C@H](C(N)=O)[C@@H](C)O)[C@H](O)CC(N)=O)[C@@H](C)O)[C@@H](C)O)C(C)C)[C@@H](C)O)OC(=O)[C@@H](C)CCCN. The summed E-state index contributed by atoms with van der Waals surface area (Å²) in [5.74, 6) is -19.2. The molecule has 2 saturated heterocycles. The number of anilines is 1. The molecule has 2 aliphatic heterocycles. The quantitative estimate of drug-likeness (QED) is 0.0213. The number of primary amides is 2. The number of nitrogens with two attached hydrogens (primary N) is 4. The number of likely N-dealkylation sites (tertiary alicyclic amines) is 2. The fourth-order valence-corrected chi connectivity index (χ4v) is 13.3. The van der Waals surface area contributed by atoms with Gasteiger partial charge >= 0.3 is 11.9 Å². The lowest BCUT2D eigenvalue weighted by Crippen LogP contribution is -2.64. The van der Waals surface area contributed by atoms with E-state index in [0.29, 0.717) is 37.1 Å². The van der Waals surface area contributed by atoms with E-state index in [0.717, 1.165) is 57.8 Å². The molecule has 0 aromatic heterocycles. The van der Waals surface area contributed by atoms with E-state index in [9.17, 15) is 118 Å². The van der Waals surface area contributed by atoms with Crippen LogP contribution in [0.15, 0.2) is 18.2 Å². The van der Waals surface area contributed by atoms with E-state index < -0.39 is 268 Å². The number of β-amino-alcohol motifs (C(OH)–C–C–N with tert-alkyl or cyclic N) is 1. The summed E-state index contributed by atoms with van der Waals surface area (Å²) in [6, 6.07) is -14.4. The smallest absolute Gasteiger partial charge is 0.341 e. The Bertz CT molecular complexity index is 3570. The number of ether oxygens (including phenoxy) is 2. The highest BCUT2D eigenvalue weighted by molar-refractivity contribution is 6.00. The number of carbonyl (C=O) groups is 16. The van der Waals surface area contributed by atoms with Crippen LogP contribution in [-0.2, 0) is 87.9 Å². The van der Waals surface area contributed by atoms with Crippen molar-refractivity contribution in [2.24, 2.45) is 34.8 Å². The number of aliphatic carboxylic acids is 1. The first-order valence-electron chi connectivity index (χ1n) is 40.5. The van der Waals surface area contributed by atoms with E-state index >= 15 is 0 Å². The van der Waals surface area contributed by atoms with Crippen LogP contribution in [0, 0.1) is 11.8 Å². The fourth-order valence-electron chi connectivity index (χ4n) is 13.3. The van der Waals surface area contributed by atoms with Crippen LogP contribution in [-0.4, -0.2) is 294 Å². The van der Waals surface area contributed by atoms with Gasteiger partial charge < -0.3 is 136 Å². The van der Waals surface area contributed by atoms with Crippen LogP contribution in [0.1, 0.15) is 190 Å². The topological polar surface area (TPSA) is 684 Å². The number of rotatable bonds is 55. The van der Waals surface area contributed by atoms with Crippen LogP contribution in [0.2, 0.25) is 0 Å². The Balaban J connectivity index is 1.96. The maximum Gasteiger partial charge on any atom is 0.341 e. The molecule has 0 aliphatic carbocycles. The number of hydrogen-bond acceptors (Lipinski definition) is 27. The molecule has 672 valence electrons. The number of nitrogens with one attached hydrogen (secondary N) is 10. The molecule has 1 aromatic carbocycles. The molecule has 119 heavy (non-hydrogen) atoms. The maximum atomic E-state index is 15.0. The highest BCUT2D eigenvalue weighted by Crippen LogP contribution is 2.29. The normalized spacial score (nSPS) is 18.9. The van der Waals surface area contributed by atoms with Crippen molar-refractivity contribution in [2.45, 2.75) is 300 Å². The number of unbranched alkanes of at least 4 members (excludes halogenated alkanes) is 10. The molecule has 0 radical (unpaired) electrons. The number of nitrogens with zero attached hydrogens (tertiary/aromatic N) is 2. The standard InChI is InChI=1S/C77H128N16O26/c1-10-11-12-13-14-15-16-17-18-19-20-23-48(119-77(117)40(4)22-21-28-78)34-57(103)86-62(43(7)95)72(112)83-41(5)68(108)85-50(32-46-24-25-54(118-38-59(105)106)49(31-46)84-56(102)26-29-79)69(109)88-60(39(2)3)75(115)93-37-47(98)33-51(93)70(110)89-63(44(8)96)73(113)90-64(45(9)97)76(116)92-30-27-52(99)66(92)74(114)91-65(53(100)35-55(80)101)71(111)82-36-58(104)87-61(42(6)94)67(81)107/h24-25,31,39-45,47-48,50-53,60-66,94-100H,10-23,26-30,32-38,78-79H2,1-9H3,(H2,80,101)(H2,81,107)(H,82,111)(H,83,112)(H,84,102)(H,85,108)(H,86,103)(H,87,104)(H,88,109)(H,89,110)(H,90,113)(H,91,114)(H,105,106)/t40-,41-,42+,43+,44+,45+,47+,48+,50-,51-,52-,53+,60-,61-,62-,63+,64-,65-,66-/m0/s1. The zero-order valence-corrected chi connectivity index (χ0v) is 69.3. The number of hydrogen-bond donors (Lipinski definition) is 22. The van der Waals surface area contributed by atoms with Crippen molar-refractivity contribution in [3.05, 3.63) is 23.8 Å². The lowest BCUT2D eigenvalue weighted by molar-refractivity contribution is -0.156. The van der Waals surface area contributed by atoms with Crippen molar-refractivity contribution in [2.75, 3.05) is 44.6 Å². The van der Waals surface area contributed by atoms with Gasteiger partial charge in [-0.1, -0.05) is 98.0 Å². The van der Waals surface area contributed by atoms with E-state index in [2.05, 4.69) is 60.1 Å². The number of aliphatic hydroxyl groups is 7. The third-order valence-corrected chi connectivity index (χ3v) is 20.0. The molecule has 14 amide bonds. The summed E-state index contributed by atoms with van der Waals surface area (Å²) in [5, 5.41) is 109. The zero-order chi connectivity index (χ0) is 89.7. The van der Waals surface area contributed by atoms with Crippen molar-refractivity contribution in [1.29, 1.82) is 0 Å². The number of esters is 1. The maximum absolute atomic E-state index is 15.0. The summed E-state index contributed by atoms with van der Waals surface area (Å²) in [4.78, 5) is 219. The van der Waals surface area contributed by atoms with E-state index in [1.165, 1.54) is 78.0 Å². The average molecular weight is 1690 g/mol. The Morgan fingerprint density at radius 3 is 1.66 bits per heavy atom. The van der Waals surface area contributed by atoms with Gasteiger partial charge in [0.1, 0.15) is 72.3 Å². The van der Waals surface area contributed by atoms with E-state index in [4.69, 9.17) is 32.4 Å². The summed E-state index contributed by atoms with van der Waals surface area (Å²) in [5.41, 5.74) is 21.8. The molecule has 3 rings (SSSR count). The molecule has 2 fully saturated rings. The summed E-state index contributed by atoms with van der Waals surface area (Å²) in [6.45, 7) is 9.72. The van der Waals surface area contributed by atoms with Crippen molar-refractivity contribution in [3.8, 4) is 5.75 Å². The number of carboxylic acid groups (broad SMARTS) is 1. The number of carboxylic acids is 1. The van der Waals surface area contributed by atoms with Crippen molar-refractivity contribution < 1.29 is 127 Å². The summed E-state index contributed by atoms with van der Waals surface area (Å²) < 4.78 is 11.3. The van der Waals surface area contributed by atoms with Crippen molar-refractivity contribution >= 4 is 100 Å². The summed E-state index contributed by atoms with van der Waals surface area (Å²) >= 11 is 0. The number of aliphatic hydroxyl groups excluding tert-OH is 7. The molecule has 19 atom stereocenters. The molecule has 42 heteroatoms. The minimum atomic E-state index is -2.16. The highest BCUT2D eigenvalue weighted by atomic mass is 16.5. The van der Waals surface area contributed by atoms with Crippen molar-refractivity contribution in [3.63, 3.8) is 0 Å². The predicted octanol–water partition coefficient (Wildman–Crippen LogP) is -5.80. The second-order valence-electron chi connectivity index (χ2n) is 30.8. The van der Waals surface area contributed by atoms with Crippen molar-refractivity contribution in [1.82, 2.24) is 57.7 Å². The Hall–Kier alpha value is -9.82. The van der Waals surface area contributed by atoms with Crippen LogP contribution in [0.5, 0.6) is 5.75 Å². The van der Waals surface area contributed by atoms with Gasteiger partial charge in [-0.15, -0.1) is 0 Å². The molecule has 0 bridgehead atoms. The van der Waals surface area contributed by atoms with Gasteiger partial charge in [-0.2, -0.15) is 0 Å². The molecule has 26 N–H and O–H groups in total. The summed E-state index contributed by atoms with van der Waals surface area (Å²) in [7, 11) is 0. The summed E-state index contributed by atoms with van der Waals surface area (Å²) in [6.07, 6.45) is -3.21. The van der Waals surface area contributed by atoms with Crippen LogP contribution < -0.4 is 80.8 Å². The molecule has 1 aromatic rings. The molecule has 42 nitrogen and oxygen atoms in total. The van der Waals surface area contributed by atoms with Gasteiger partial charge in [-0.05, 0) is 96.9 Å². The highest BCUT2D eigenvalue weighted by Gasteiger charge is 2.48.